The topological polar surface area (TPSA) is 103 Å². The number of carbonyl (C=O) groups is 1. The molecule has 0 aliphatic carbocycles. The molecule has 0 bridgehead atoms. The smallest absolute Gasteiger partial charge is 0.257 e. The maximum Gasteiger partial charge on any atom is 0.257 e. The number of pyridine rings is 1. The molecule has 3 rings (SSSR count). The lowest BCUT2D eigenvalue weighted by Gasteiger charge is -2.29. The van der Waals surface area contributed by atoms with E-state index >= 15 is 0 Å². The number of amides is 1. The van der Waals surface area contributed by atoms with Gasteiger partial charge in [-0.05, 0) is 37.1 Å². The van der Waals surface area contributed by atoms with E-state index < -0.39 is 28.1 Å². The zero-order chi connectivity index (χ0) is 22.8. The number of hydrogen-bond acceptors (Lipinski definition) is 6. The first-order valence-corrected chi connectivity index (χ1v) is 11.5. The van der Waals surface area contributed by atoms with E-state index in [1.807, 2.05) is 6.07 Å². The number of carbonyl (C=O) groups excluding carboxylic acids is 1. The average Bonchev–Trinajstić information content (AvgIpc) is 2.89. The van der Waals surface area contributed by atoms with Crippen molar-refractivity contribution in [2.45, 2.75) is 37.0 Å². The summed E-state index contributed by atoms with van der Waals surface area (Å²) in [5, 5.41) is 12.2. The second-order valence-corrected chi connectivity index (χ2v) is 9.53. The van der Waals surface area contributed by atoms with E-state index in [1.165, 1.54) is 24.5 Å². The highest BCUT2D eigenvalue weighted by Gasteiger charge is 2.34. The summed E-state index contributed by atoms with van der Waals surface area (Å²) in [7, 11) is -3.84. The molecular weight excluding hydrogens is 426 g/mol. The third-order valence-corrected chi connectivity index (χ3v) is 6.35. The number of halogens is 2. The number of nitriles is 1. The second-order valence-electron chi connectivity index (χ2n) is 7.55. The Kier molecular flexibility index (Phi) is 6.27. The first kappa shape index (κ1) is 22.6. The fourth-order valence-electron chi connectivity index (χ4n) is 3.58. The van der Waals surface area contributed by atoms with Gasteiger partial charge in [0.25, 0.3) is 5.91 Å². The van der Waals surface area contributed by atoms with E-state index in [9.17, 15) is 27.3 Å². The van der Waals surface area contributed by atoms with Gasteiger partial charge in [-0.15, -0.1) is 0 Å². The van der Waals surface area contributed by atoms with E-state index in [-0.39, 0.29) is 53.3 Å². The molecule has 31 heavy (non-hydrogen) atoms. The Labute approximate surface area is 179 Å². The molecule has 1 amide bonds. The van der Waals surface area contributed by atoms with Crippen LogP contribution in [0, 0.1) is 18.3 Å². The molecule has 1 aliphatic heterocycles. The molecule has 1 aliphatic rings. The molecule has 7 nitrogen and oxygen atoms in total. The fourth-order valence-corrected chi connectivity index (χ4v) is 4.49. The summed E-state index contributed by atoms with van der Waals surface area (Å²) in [5.41, 5.74) is 0.926. The summed E-state index contributed by atoms with van der Waals surface area (Å²) in [4.78, 5) is 18.1. The fraction of sp³-hybridized carbons (Fsp3) is 0.381. The van der Waals surface area contributed by atoms with Crippen LogP contribution in [0.5, 0.6) is 0 Å². The monoisotopic (exact) mass is 448 g/mol. The number of hydrogen-bond donors (Lipinski definition) is 1. The third-order valence-electron chi connectivity index (χ3n) is 5.24. The number of rotatable bonds is 4. The minimum absolute atomic E-state index is 0.0748. The van der Waals surface area contributed by atoms with Crippen LogP contribution in [0.2, 0.25) is 0 Å². The number of alkyl halides is 2. The second kappa shape index (κ2) is 8.59. The lowest BCUT2D eigenvalue weighted by molar-refractivity contribution is -0.0102. The molecule has 1 aromatic heterocycles. The summed E-state index contributed by atoms with van der Waals surface area (Å²) < 4.78 is 53.1. The summed E-state index contributed by atoms with van der Waals surface area (Å²) in [5.74, 6) is -3.40. The van der Waals surface area contributed by atoms with Crippen LogP contribution < -0.4 is 10.2 Å². The Hall–Kier alpha value is -3.06. The molecule has 1 aromatic carbocycles. The Bertz CT molecular complexity index is 1150. The SMILES string of the molecule is Cc1c(C#N)cc(S(C)(=O)=O)c(N2CCCC(F)(F)CC2)c1NC(=O)c1cccnc1. The number of benzene rings is 1. The van der Waals surface area contributed by atoms with Crippen molar-refractivity contribution >= 4 is 27.1 Å². The molecule has 2 aromatic rings. The van der Waals surface area contributed by atoms with Crippen LogP contribution in [0.3, 0.4) is 0 Å². The van der Waals surface area contributed by atoms with Crippen LogP contribution in [-0.4, -0.2) is 44.6 Å². The number of sulfone groups is 1. The largest absolute Gasteiger partial charge is 0.369 e. The maximum absolute atomic E-state index is 14.0. The van der Waals surface area contributed by atoms with Crippen LogP contribution in [0.4, 0.5) is 20.2 Å². The Morgan fingerprint density at radius 1 is 1.32 bits per heavy atom. The van der Waals surface area contributed by atoms with Gasteiger partial charge in [-0.3, -0.25) is 9.78 Å². The van der Waals surface area contributed by atoms with Crippen molar-refractivity contribution in [3.05, 3.63) is 47.3 Å². The number of anilines is 2. The molecule has 0 atom stereocenters. The van der Waals surface area contributed by atoms with Gasteiger partial charge < -0.3 is 10.2 Å². The van der Waals surface area contributed by atoms with Gasteiger partial charge in [0, 0.05) is 44.6 Å². The van der Waals surface area contributed by atoms with Gasteiger partial charge >= 0.3 is 0 Å². The molecule has 164 valence electrons. The van der Waals surface area contributed by atoms with Crippen molar-refractivity contribution in [2.24, 2.45) is 0 Å². The van der Waals surface area contributed by atoms with Gasteiger partial charge in [-0.2, -0.15) is 5.26 Å². The Morgan fingerprint density at radius 2 is 2.06 bits per heavy atom. The number of nitrogens with zero attached hydrogens (tertiary/aromatic N) is 3. The minimum Gasteiger partial charge on any atom is -0.369 e. The molecule has 1 N–H and O–H groups in total. The highest BCUT2D eigenvalue weighted by Crippen LogP contribution is 2.41. The highest BCUT2D eigenvalue weighted by molar-refractivity contribution is 7.90. The standard InChI is InChI=1S/C21H22F2N4O3S/c1-14-16(12-24)11-17(31(2,29)30)19(27-9-4-6-21(22,23)7-10-27)18(14)26-20(28)15-5-3-8-25-13-15/h3,5,8,11,13H,4,6-7,9-10H2,1-2H3,(H,26,28). The molecule has 10 heteroatoms. The summed E-state index contributed by atoms with van der Waals surface area (Å²) >= 11 is 0. The molecule has 1 saturated heterocycles. The van der Waals surface area contributed by atoms with Crippen LogP contribution in [-0.2, 0) is 9.84 Å². The molecule has 2 heterocycles. The third kappa shape index (κ3) is 4.99. The molecular formula is C21H22F2N4O3S. The van der Waals surface area contributed by atoms with Gasteiger partial charge in [-0.25, -0.2) is 17.2 Å². The Morgan fingerprint density at radius 3 is 2.68 bits per heavy atom. The normalized spacial score (nSPS) is 16.3. The van der Waals surface area contributed by atoms with Gasteiger partial charge in [0.2, 0.25) is 5.92 Å². The lowest BCUT2D eigenvalue weighted by atomic mass is 10.0. The van der Waals surface area contributed by atoms with Crippen LogP contribution in [0.15, 0.2) is 35.5 Å². The molecule has 1 fully saturated rings. The first-order valence-electron chi connectivity index (χ1n) is 9.65. The van der Waals surface area contributed by atoms with Crippen molar-refractivity contribution in [3.8, 4) is 6.07 Å². The van der Waals surface area contributed by atoms with E-state index in [4.69, 9.17) is 0 Å². The van der Waals surface area contributed by atoms with Gasteiger partial charge in [0.1, 0.15) is 0 Å². The Balaban J connectivity index is 2.19. The zero-order valence-electron chi connectivity index (χ0n) is 17.2. The quantitative estimate of drug-likeness (QED) is 0.767. The van der Waals surface area contributed by atoms with E-state index in [0.717, 1.165) is 6.26 Å². The van der Waals surface area contributed by atoms with Crippen LogP contribution >= 0.6 is 0 Å². The summed E-state index contributed by atoms with van der Waals surface area (Å²) in [6.45, 7) is 1.69. The van der Waals surface area contributed by atoms with Gasteiger partial charge in [0.15, 0.2) is 9.84 Å². The summed E-state index contributed by atoms with van der Waals surface area (Å²) in [6, 6.07) is 6.30. The molecule has 0 unspecified atom stereocenters. The van der Waals surface area contributed by atoms with E-state index in [0.29, 0.717) is 5.56 Å². The van der Waals surface area contributed by atoms with E-state index in [2.05, 4.69) is 10.3 Å². The minimum atomic E-state index is -3.84. The van der Waals surface area contributed by atoms with Crippen molar-refractivity contribution in [2.75, 3.05) is 29.6 Å². The number of aromatic nitrogens is 1. The number of nitrogens with one attached hydrogen (secondary N) is 1. The predicted octanol–water partition coefficient (Wildman–Crippen LogP) is 3.54. The lowest BCUT2D eigenvalue weighted by Crippen LogP contribution is -2.29. The van der Waals surface area contributed by atoms with Crippen LogP contribution in [0.1, 0.15) is 40.7 Å². The predicted molar refractivity (Wildman–Crippen MR) is 112 cm³/mol. The van der Waals surface area contributed by atoms with Crippen molar-refractivity contribution in [1.82, 2.24) is 4.98 Å². The maximum atomic E-state index is 14.0. The van der Waals surface area contributed by atoms with Gasteiger partial charge in [-0.1, -0.05) is 0 Å². The first-order chi connectivity index (χ1) is 14.5. The average molecular weight is 448 g/mol. The molecule has 0 saturated carbocycles. The summed E-state index contributed by atoms with van der Waals surface area (Å²) in [6.07, 6.45) is 3.26. The molecule has 0 spiro atoms. The molecule has 0 radical (unpaired) electrons. The zero-order valence-corrected chi connectivity index (χ0v) is 18.0. The van der Waals surface area contributed by atoms with E-state index in [1.54, 1.807) is 17.9 Å². The van der Waals surface area contributed by atoms with Gasteiger partial charge in [0.05, 0.1) is 33.5 Å². The van der Waals surface area contributed by atoms with Crippen molar-refractivity contribution in [3.63, 3.8) is 0 Å². The van der Waals surface area contributed by atoms with Crippen LogP contribution in [0.25, 0.3) is 0 Å². The van der Waals surface area contributed by atoms with Crippen molar-refractivity contribution in [1.29, 1.82) is 5.26 Å². The highest BCUT2D eigenvalue weighted by atomic mass is 32.2. The van der Waals surface area contributed by atoms with Crippen molar-refractivity contribution < 1.29 is 22.0 Å².